The van der Waals surface area contributed by atoms with Crippen molar-refractivity contribution >= 4 is 34.6 Å². The average molecular weight is 426 g/mol. The quantitative estimate of drug-likeness (QED) is 0.418. The van der Waals surface area contributed by atoms with Crippen LogP contribution in [-0.2, 0) is 0 Å². The van der Waals surface area contributed by atoms with Gasteiger partial charge in [-0.05, 0) is 67.9 Å². The first-order valence-corrected chi connectivity index (χ1v) is 11.3. The van der Waals surface area contributed by atoms with Gasteiger partial charge < -0.3 is 15.0 Å². The summed E-state index contributed by atoms with van der Waals surface area (Å²) >= 11 is 5.38. The van der Waals surface area contributed by atoms with Crippen molar-refractivity contribution in [3.8, 4) is 5.75 Å². The van der Waals surface area contributed by atoms with Crippen LogP contribution < -0.4 is 20.3 Å². The number of carbonyl (C=O) groups is 1. The molecule has 0 bridgehead atoms. The molecule has 0 unspecified atom stereocenters. The lowest BCUT2D eigenvalue weighted by atomic mass is 10.2. The number of benzene rings is 2. The number of hydrogen-bond acceptors (Lipinski definition) is 4. The summed E-state index contributed by atoms with van der Waals surface area (Å²) < 4.78 is 5.73. The second-order valence-corrected chi connectivity index (χ2v) is 7.96. The number of nitrogens with one attached hydrogen (secondary N) is 2. The highest BCUT2D eigenvalue weighted by Crippen LogP contribution is 2.28. The van der Waals surface area contributed by atoms with Gasteiger partial charge >= 0.3 is 0 Å². The highest BCUT2D eigenvalue weighted by atomic mass is 32.1. The molecule has 1 aliphatic heterocycles. The summed E-state index contributed by atoms with van der Waals surface area (Å²) in [5, 5.41) is 6.24. The molecule has 1 saturated heterocycles. The third-order valence-corrected chi connectivity index (χ3v) is 5.41. The van der Waals surface area contributed by atoms with Crippen LogP contribution in [0.4, 0.5) is 11.4 Å². The predicted octanol–water partition coefficient (Wildman–Crippen LogP) is 5.37. The third-order valence-electron chi connectivity index (χ3n) is 5.21. The number of carbonyl (C=O) groups excluding carboxylic acids is 1. The number of amides is 1. The number of para-hydroxylation sites is 2. The van der Waals surface area contributed by atoms with Gasteiger partial charge in [0.05, 0.1) is 18.0 Å². The predicted molar refractivity (Wildman–Crippen MR) is 128 cm³/mol. The van der Waals surface area contributed by atoms with Crippen LogP contribution in [0.25, 0.3) is 0 Å². The number of unbranched alkanes of at least 4 members (excludes halogenated alkanes) is 3. The largest absolute Gasteiger partial charge is 0.494 e. The van der Waals surface area contributed by atoms with Crippen molar-refractivity contribution in [2.24, 2.45) is 0 Å². The summed E-state index contributed by atoms with van der Waals surface area (Å²) in [6, 6.07) is 15.2. The minimum absolute atomic E-state index is 0.236. The number of nitrogens with zero attached hydrogens (tertiary/aromatic N) is 1. The van der Waals surface area contributed by atoms with E-state index in [1.807, 2.05) is 30.3 Å². The van der Waals surface area contributed by atoms with Crippen LogP contribution in [0.5, 0.6) is 5.75 Å². The van der Waals surface area contributed by atoms with Crippen LogP contribution >= 0.6 is 12.2 Å². The molecule has 1 heterocycles. The van der Waals surface area contributed by atoms with E-state index in [4.69, 9.17) is 17.0 Å². The van der Waals surface area contributed by atoms with E-state index in [-0.39, 0.29) is 5.91 Å². The summed E-state index contributed by atoms with van der Waals surface area (Å²) in [7, 11) is 0. The Labute approximate surface area is 184 Å². The second kappa shape index (κ2) is 11.6. The molecule has 3 rings (SSSR count). The molecule has 5 nitrogen and oxygen atoms in total. The fraction of sp³-hybridized carbons (Fsp3) is 0.417. The molecule has 1 aliphatic rings. The summed E-state index contributed by atoms with van der Waals surface area (Å²) in [5.74, 6) is 0.545. The van der Waals surface area contributed by atoms with Gasteiger partial charge in [0.25, 0.3) is 5.91 Å². The standard InChI is InChI=1S/C24H31N3O2S/c1-2-3-4-9-18-29-20-14-12-19(13-15-20)23(28)26-24(30)25-21-10-5-6-11-22(21)27-16-7-8-17-27/h5-6,10-15H,2-4,7-9,16-18H2,1H3,(H2,25,26,28,30). The molecule has 0 radical (unpaired) electrons. The van der Waals surface area contributed by atoms with Crippen LogP contribution in [0, 0.1) is 0 Å². The van der Waals surface area contributed by atoms with Gasteiger partial charge in [-0.3, -0.25) is 10.1 Å². The fourth-order valence-electron chi connectivity index (χ4n) is 3.56. The molecule has 0 atom stereocenters. The number of ether oxygens (including phenoxy) is 1. The minimum Gasteiger partial charge on any atom is -0.494 e. The Hall–Kier alpha value is -2.60. The topological polar surface area (TPSA) is 53.6 Å². The van der Waals surface area contributed by atoms with Gasteiger partial charge in [-0.1, -0.05) is 38.3 Å². The van der Waals surface area contributed by atoms with E-state index in [1.54, 1.807) is 12.1 Å². The first-order chi connectivity index (χ1) is 14.7. The van der Waals surface area contributed by atoms with Crippen LogP contribution in [-0.4, -0.2) is 30.7 Å². The van der Waals surface area contributed by atoms with Gasteiger partial charge in [-0.25, -0.2) is 0 Å². The summed E-state index contributed by atoms with van der Waals surface area (Å²) in [6.07, 6.45) is 7.09. The second-order valence-electron chi connectivity index (χ2n) is 7.55. The van der Waals surface area contributed by atoms with Crippen molar-refractivity contribution in [2.75, 3.05) is 29.9 Å². The van der Waals surface area contributed by atoms with Crippen molar-refractivity contribution in [1.29, 1.82) is 0 Å². The van der Waals surface area contributed by atoms with E-state index in [9.17, 15) is 4.79 Å². The lowest BCUT2D eigenvalue weighted by Gasteiger charge is -2.22. The molecule has 2 N–H and O–H groups in total. The van der Waals surface area contributed by atoms with E-state index in [0.29, 0.717) is 17.3 Å². The van der Waals surface area contributed by atoms with Gasteiger partial charge in [0.15, 0.2) is 5.11 Å². The van der Waals surface area contributed by atoms with Gasteiger partial charge in [0.1, 0.15) is 5.75 Å². The molecule has 0 aromatic heterocycles. The molecule has 6 heteroatoms. The number of thiocarbonyl (C=S) groups is 1. The van der Waals surface area contributed by atoms with Gasteiger partial charge in [0, 0.05) is 18.7 Å². The molecule has 160 valence electrons. The van der Waals surface area contributed by atoms with Crippen molar-refractivity contribution in [2.45, 2.75) is 45.4 Å². The van der Waals surface area contributed by atoms with Gasteiger partial charge in [0.2, 0.25) is 0 Å². The zero-order chi connectivity index (χ0) is 21.2. The summed E-state index contributed by atoms with van der Waals surface area (Å²) in [5.41, 5.74) is 2.58. The van der Waals surface area contributed by atoms with E-state index < -0.39 is 0 Å². The van der Waals surface area contributed by atoms with E-state index in [1.165, 1.54) is 32.1 Å². The lowest BCUT2D eigenvalue weighted by molar-refractivity contribution is 0.0977. The Morgan fingerprint density at radius 2 is 1.77 bits per heavy atom. The van der Waals surface area contributed by atoms with Crippen molar-refractivity contribution in [3.05, 3.63) is 54.1 Å². The number of rotatable bonds is 9. The first kappa shape index (κ1) is 22.1. The third kappa shape index (κ3) is 6.46. The zero-order valence-electron chi connectivity index (χ0n) is 17.7. The van der Waals surface area contributed by atoms with E-state index in [2.05, 4.69) is 28.5 Å². The van der Waals surface area contributed by atoms with Crippen LogP contribution in [0.1, 0.15) is 55.8 Å². The Kier molecular flexibility index (Phi) is 8.51. The molecule has 0 aliphatic carbocycles. The lowest BCUT2D eigenvalue weighted by Crippen LogP contribution is -2.34. The summed E-state index contributed by atoms with van der Waals surface area (Å²) in [6.45, 7) is 4.99. The maximum absolute atomic E-state index is 12.5. The molecular weight excluding hydrogens is 394 g/mol. The minimum atomic E-state index is -0.236. The Balaban J connectivity index is 1.50. The molecular formula is C24H31N3O2S. The van der Waals surface area contributed by atoms with Crippen molar-refractivity contribution in [1.82, 2.24) is 5.32 Å². The van der Waals surface area contributed by atoms with Crippen LogP contribution in [0.2, 0.25) is 0 Å². The fourth-order valence-corrected chi connectivity index (χ4v) is 3.77. The Morgan fingerprint density at radius 1 is 1.03 bits per heavy atom. The molecule has 1 fully saturated rings. The number of hydrogen-bond donors (Lipinski definition) is 2. The maximum atomic E-state index is 12.5. The molecule has 2 aromatic carbocycles. The van der Waals surface area contributed by atoms with Crippen LogP contribution in [0.3, 0.4) is 0 Å². The number of anilines is 2. The molecule has 1 amide bonds. The first-order valence-electron chi connectivity index (χ1n) is 10.9. The van der Waals surface area contributed by atoms with Crippen molar-refractivity contribution < 1.29 is 9.53 Å². The normalized spacial score (nSPS) is 13.2. The van der Waals surface area contributed by atoms with E-state index >= 15 is 0 Å². The summed E-state index contributed by atoms with van der Waals surface area (Å²) in [4.78, 5) is 14.9. The monoisotopic (exact) mass is 425 g/mol. The molecule has 2 aromatic rings. The van der Waals surface area contributed by atoms with Crippen molar-refractivity contribution in [3.63, 3.8) is 0 Å². The zero-order valence-corrected chi connectivity index (χ0v) is 18.5. The van der Waals surface area contributed by atoms with Gasteiger partial charge in [-0.15, -0.1) is 0 Å². The highest BCUT2D eigenvalue weighted by molar-refractivity contribution is 7.80. The molecule has 0 spiro atoms. The maximum Gasteiger partial charge on any atom is 0.257 e. The van der Waals surface area contributed by atoms with Gasteiger partial charge in [-0.2, -0.15) is 0 Å². The SMILES string of the molecule is CCCCCCOc1ccc(C(=O)NC(=S)Nc2ccccc2N2CCCC2)cc1. The Morgan fingerprint density at radius 3 is 2.50 bits per heavy atom. The van der Waals surface area contributed by atoms with E-state index in [0.717, 1.165) is 36.6 Å². The van der Waals surface area contributed by atoms with Crippen LogP contribution in [0.15, 0.2) is 48.5 Å². The Bertz CT molecular complexity index is 833. The highest BCUT2D eigenvalue weighted by Gasteiger charge is 2.16. The molecule has 30 heavy (non-hydrogen) atoms. The average Bonchev–Trinajstić information content (AvgIpc) is 3.29. The molecule has 0 saturated carbocycles. The smallest absolute Gasteiger partial charge is 0.257 e.